The molecule has 0 aromatic heterocycles. The van der Waals surface area contributed by atoms with E-state index in [0.717, 1.165) is 11.3 Å². The van der Waals surface area contributed by atoms with Gasteiger partial charge < -0.3 is 4.74 Å². The quantitative estimate of drug-likeness (QED) is 0.661. The van der Waals surface area contributed by atoms with Gasteiger partial charge in [-0.25, -0.2) is 0 Å². The molecule has 0 aliphatic rings. The Bertz CT molecular complexity index is 271. The van der Waals surface area contributed by atoms with Gasteiger partial charge in [0.1, 0.15) is 5.75 Å². The van der Waals surface area contributed by atoms with Gasteiger partial charge in [0.2, 0.25) is 0 Å². The van der Waals surface area contributed by atoms with Crippen molar-refractivity contribution in [2.45, 2.75) is 6.92 Å². The molecule has 60 valence electrons. The highest BCUT2D eigenvalue weighted by atomic mass is 35.5. The summed E-state index contributed by atoms with van der Waals surface area (Å²) in [6.45, 7) is 1.89. The van der Waals surface area contributed by atoms with E-state index in [-0.39, 0.29) is 0 Å². The zero-order chi connectivity index (χ0) is 8.43. The molecule has 0 amide bonds. The van der Waals surface area contributed by atoms with Crippen LogP contribution in [0.3, 0.4) is 0 Å². The third kappa shape index (κ3) is 1.79. The fourth-order valence-corrected chi connectivity index (χ4v) is 1.31. The summed E-state index contributed by atoms with van der Waals surface area (Å²) < 4.78 is 5.04. The number of rotatable bonds is 1. The minimum Gasteiger partial charge on any atom is -0.496 e. The Balaban J connectivity index is 3.24. The molecule has 0 heterocycles. The number of ether oxygens (including phenoxy) is 1. The van der Waals surface area contributed by atoms with Crippen LogP contribution in [0.5, 0.6) is 5.75 Å². The van der Waals surface area contributed by atoms with E-state index in [1.807, 2.05) is 6.92 Å². The Labute approximate surface area is 75.9 Å². The Kier molecular flexibility index (Phi) is 2.63. The van der Waals surface area contributed by atoms with Crippen LogP contribution in [0.1, 0.15) is 5.56 Å². The molecule has 0 atom stereocenters. The van der Waals surface area contributed by atoms with E-state index in [1.165, 1.54) is 0 Å². The van der Waals surface area contributed by atoms with Gasteiger partial charge in [-0.2, -0.15) is 0 Å². The maximum absolute atomic E-state index is 5.83. The van der Waals surface area contributed by atoms with Crippen LogP contribution in [0.15, 0.2) is 12.1 Å². The van der Waals surface area contributed by atoms with Gasteiger partial charge in [-0.3, -0.25) is 0 Å². The van der Waals surface area contributed by atoms with E-state index in [4.69, 9.17) is 27.9 Å². The molecule has 11 heavy (non-hydrogen) atoms. The van der Waals surface area contributed by atoms with Crippen molar-refractivity contribution in [2.24, 2.45) is 0 Å². The van der Waals surface area contributed by atoms with Gasteiger partial charge in [-0.15, -0.1) is 0 Å². The summed E-state index contributed by atoms with van der Waals surface area (Å²) in [4.78, 5) is 0. The van der Waals surface area contributed by atoms with Gasteiger partial charge in [-0.1, -0.05) is 23.2 Å². The summed E-state index contributed by atoms with van der Waals surface area (Å²) in [6, 6.07) is 3.43. The van der Waals surface area contributed by atoms with Crippen LogP contribution in [-0.2, 0) is 0 Å². The molecule has 0 aliphatic carbocycles. The van der Waals surface area contributed by atoms with Crippen molar-refractivity contribution < 1.29 is 4.74 Å². The first-order valence-corrected chi connectivity index (χ1v) is 3.90. The molecule has 0 fully saturated rings. The summed E-state index contributed by atoms with van der Waals surface area (Å²) in [5.74, 6) is 0.725. The largest absolute Gasteiger partial charge is 0.496 e. The van der Waals surface area contributed by atoms with Crippen molar-refractivity contribution in [3.8, 4) is 5.75 Å². The normalized spacial score (nSPS) is 9.82. The van der Waals surface area contributed by atoms with E-state index < -0.39 is 0 Å². The van der Waals surface area contributed by atoms with Crippen molar-refractivity contribution in [2.75, 3.05) is 7.11 Å². The van der Waals surface area contributed by atoms with Crippen LogP contribution in [0.4, 0.5) is 0 Å². The van der Waals surface area contributed by atoms with Crippen LogP contribution >= 0.6 is 23.2 Å². The van der Waals surface area contributed by atoms with E-state index in [9.17, 15) is 0 Å². The lowest BCUT2D eigenvalue weighted by Gasteiger charge is -2.05. The SMILES string of the molecule is COc1cc(Cl)cc(Cl)c1C. The highest BCUT2D eigenvalue weighted by Gasteiger charge is 2.03. The third-order valence-corrected chi connectivity index (χ3v) is 2.09. The molecule has 0 spiro atoms. The Morgan fingerprint density at radius 3 is 2.45 bits per heavy atom. The minimum atomic E-state index is 0.595. The fourth-order valence-electron chi connectivity index (χ4n) is 0.834. The molecule has 0 bridgehead atoms. The van der Waals surface area contributed by atoms with E-state index in [1.54, 1.807) is 19.2 Å². The number of benzene rings is 1. The van der Waals surface area contributed by atoms with Gasteiger partial charge in [-0.05, 0) is 19.1 Å². The van der Waals surface area contributed by atoms with Gasteiger partial charge in [0.15, 0.2) is 0 Å². The molecular formula is C8H8Cl2O. The maximum atomic E-state index is 5.83. The number of hydrogen-bond donors (Lipinski definition) is 0. The van der Waals surface area contributed by atoms with Crippen LogP contribution in [-0.4, -0.2) is 7.11 Å². The fraction of sp³-hybridized carbons (Fsp3) is 0.250. The van der Waals surface area contributed by atoms with E-state index >= 15 is 0 Å². The molecule has 0 saturated heterocycles. The molecule has 1 rings (SSSR count). The minimum absolute atomic E-state index is 0.595. The predicted molar refractivity (Wildman–Crippen MR) is 47.8 cm³/mol. The monoisotopic (exact) mass is 190 g/mol. The lowest BCUT2D eigenvalue weighted by molar-refractivity contribution is 0.412. The second kappa shape index (κ2) is 3.33. The first-order chi connectivity index (χ1) is 5.15. The summed E-state index contributed by atoms with van der Waals surface area (Å²) in [6.07, 6.45) is 0. The molecule has 0 aliphatic heterocycles. The van der Waals surface area contributed by atoms with E-state index in [2.05, 4.69) is 0 Å². The second-order valence-electron chi connectivity index (χ2n) is 2.21. The van der Waals surface area contributed by atoms with Crippen molar-refractivity contribution in [3.05, 3.63) is 27.7 Å². The Morgan fingerprint density at radius 2 is 1.91 bits per heavy atom. The second-order valence-corrected chi connectivity index (χ2v) is 3.06. The van der Waals surface area contributed by atoms with Gasteiger partial charge in [0.05, 0.1) is 7.11 Å². The Hall–Kier alpha value is -0.400. The van der Waals surface area contributed by atoms with Crippen LogP contribution < -0.4 is 4.74 Å². The van der Waals surface area contributed by atoms with Crippen LogP contribution in [0.2, 0.25) is 10.0 Å². The van der Waals surface area contributed by atoms with Crippen molar-refractivity contribution >= 4 is 23.2 Å². The van der Waals surface area contributed by atoms with Crippen LogP contribution in [0.25, 0.3) is 0 Å². The van der Waals surface area contributed by atoms with Gasteiger partial charge in [0, 0.05) is 15.6 Å². The summed E-state index contributed by atoms with van der Waals surface area (Å²) in [7, 11) is 1.59. The molecule has 1 aromatic carbocycles. The van der Waals surface area contributed by atoms with Gasteiger partial charge >= 0.3 is 0 Å². The van der Waals surface area contributed by atoms with Crippen LogP contribution in [0, 0.1) is 6.92 Å². The Morgan fingerprint density at radius 1 is 1.27 bits per heavy atom. The first kappa shape index (κ1) is 8.69. The molecule has 0 N–H and O–H groups in total. The van der Waals surface area contributed by atoms with Crippen molar-refractivity contribution in [1.29, 1.82) is 0 Å². The van der Waals surface area contributed by atoms with Crippen molar-refractivity contribution in [3.63, 3.8) is 0 Å². The zero-order valence-corrected chi connectivity index (χ0v) is 7.83. The lowest BCUT2D eigenvalue weighted by atomic mass is 10.2. The highest BCUT2D eigenvalue weighted by molar-refractivity contribution is 6.35. The number of methoxy groups -OCH3 is 1. The topological polar surface area (TPSA) is 9.23 Å². The van der Waals surface area contributed by atoms with Gasteiger partial charge in [0.25, 0.3) is 0 Å². The molecule has 3 heteroatoms. The predicted octanol–water partition coefficient (Wildman–Crippen LogP) is 3.31. The van der Waals surface area contributed by atoms with E-state index in [0.29, 0.717) is 10.0 Å². The molecule has 0 radical (unpaired) electrons. The third-order valence-electron chi connectivity index (χ3n) is 1.48. The molecule has 0 unspecified atom stereocenters. The summed E-state index contributed by atoms with van der Waals surface area (Å²) in [5.41, 5.74) is 0.915. The standard InChI is InChI=1S/C8H8Cl2O/c1-5-7(10)3-6(9)4-8(5)11-2/h3-4H,1-2H3. The maximum Gasteiger partial charge on any atom is 0.124 e. The molecule has 1 nitrogen and oxygen atoms in total. The number of hydrogen-bond acceptors (Lipinski definition) is 1. The summed E-state index contributed by atoms with van der Waals surface area (Å²) in [5, 5.41) is 1.23. The first-order valence-electron chi connectivity index (χ1n) is 3.15. The zero-order valence-electron chi connectivity index (χ0n) is 6.32. The summed E-state index contributed by atoms with van der Waals surface area (Å²) >= 11 is 11.6. The molecule has 0 saturated carbocycles. The average molecular weight is 191 g/mol. The van der Waals surface area contributed by atoms with Crippen molar-refractivity contribution in [1.82, 2.24) is 0 Å². The lowest BCUT2D eigenvalue weighted by Crippen LogP contribution is -1.87. The molecule has 1 aromatic rings. The average Bonchev–Trinajstić information content (AvgIpc) is 1.96. The number of halogens is 2. The highest BCUT2D eigenvalue weighted by Crippen LogP contribution is 2.29. The smallest absolute Gasteiger partial charge is 0.124 e. The molecular weight excluding hydrogens is 183 g/mol.